The van der Waals surface area contributed by atoms with Gasteiger partial charge in [0.15, 0.2) is 0 Å². The molecule has 0 saturated carbocycles. The quantitative estimate of drug-likeness (QED) is 0.762. The number of carbonyl (C=O) groups is 2. The van der Waals surface area contributed by atoms with Gasteiger partial charge in [-0.15, -0.1) is 0 Å². The maximum absolute atomic E-state index is 14.7. The summed E-state index contributed by atoms with van der Waals surface area (Å²) in [5.74, 6) is -0.917. The fourth-order valence-corrected chi connectivity index (χ4v) is 3.53. The summed E-state index contributed by atoms with van der Waals surface area (Å²) in [4.78, 5) is 26.5. The summed E-state index contributed by atoms with van der Waals surface area (Å²) in [7, 11) is 1.83. The van der Waals surface area contributed by atoms with Crippen molar-refractivity contribution in [3.8, 4) is 0 Å². The number of halogens is 1. The van der Waals surface area contributed by atoms with Crippen LogP contribution in [0.5, 0.6) is 0 Å². The molecule has 1 atom stereocenters. The van der Waals surface area contributed by atoms with Crippen molar-refractivity contribution in [1.82, 2.24) is 5.32 Å². The molecule has 0 aromatic heterocycles. The minimum absolute atomic E-state index is 0.128. The number of rotatable bonds is 2. The Hall–Kier alpha value is -2.93. The largest absolute Gasteiger partial charge is 0.361 e. The molecule has 0 spiro atoms. The third-order valence-corrected chi connectivity index (χ3v) is 5.31. The van der Waals surface area contributed by atoms with Gasteiger partial charge in [0.25, 0.3) is 5.91 Å². The lowest BCUT2D eigenvalue weighted by molar-refractivity contribution is -0.117. The summed E-state index contributed by atoms with van der Waals surface area (Å²) < 4.78 is 14.7. The van der Waals surface area contributed by atoms with Crippen LogP contribution in [-0.4, -0.2) is 31.4 Å². The maximum Gasteiger partial charge on any atom is 0.255 e. The topological polar surface area (TPSA) is 73.5 Å². The molecule has 2 amide bonds. The number of nitrogens with zero attached hydrogens (tertiary/aromatic N) is 1. The smallest absolute Gasteiger partial charge is 0.255 e. The molecule has 6 nitrogen and oxygen atoms in total. The molecule has 2 aliphatic heterocycles. The number of likely N-dealkylation sites (N-methyl/N-ethyl adjacent to an activating group) is 1. The highest BCUT2D eigenvalue weighted by atomic mass is 19.1. The Bertz CT molecular complexity index is 944. The molecule has 0 bridgehead atoms. The van der Waals surface area contributed by atoms with E-state index in [0.717, 1.165) is 17.8 Å². The Morgan fingerprint density at radius 1 is 1.30 bits per heavy atom. The Labute approximate surface area is 156 Å². The summed E-state index contributed by atoms with van der Waals surface area (Å²) in [5.41, 5.74) is 3.52. The second kappa shape index (κ2) is 6.66. The first kappa shape index (κ1) is 17.5. The van der Waals surface area contributed by atoms with E-state index in [1.165, 1.54) is 0 Å². The lowest BCUT2D eigenvalue weighted by atomic mass is 9.99. The van der Waals surface area contributed by atoms with Gasteiger partial charge in [0.1, 0.15) is 11.9 Å². The molecule has 140 valence electrons. The minimum Gasteiger partial charge on any atom is -0.361 e. The first-order valence-corrected chi connectivity index (χ1v) is 8.96. The highest BCUT2D eigenvalue weighted by molar-refractivity contribution is 6.08. The van der Waals surface area contributed by atoms with Gasteiger partial charge in [-0.2, -0.15) is 0 Å². The van der Waals surface area contributed by atoms with Crippen LogP contribution in [0.3, 0.4) is 0 Å². The van der Waals surface area contributed by atoms with E-state index in [4.69, 9.17) is 0 Å². The second-order valence-corrected chi connectivity index (χ2v) is 6.95. The van der Waals surface area contributed by atoms with Crippen molar-refractivity contribution in [3.63, 3.8) is 0 Å². The highest BCUT2D eigenvalue weighted by Gasteiger charge is 2.27. The lowest BCUT2D eigenvalue weighted by Gasteiger charge is -2.33. The Morgan fingerprint density at radius 3 is 2.93 bits per heavy atom. The maximum atomic E-state index is 14.7. The van der Waals surface area contributed by atoms with Crippen molar-refractivity contribution in [2.24, 2.45) is 0 Å². The molecule has 0 aliphatic carbocycles. The van der Waals surface area contributed by atoms with E-state index < -0.39 is 5.91 Å². The van der Waals surface area contributed by atoms with Crippen molar-refractivity contribution in [2.45, 2.75) is 25.9 Å². The first-order chi connectivity index (χ1) is 13.0. The summed E-state index contributed by atoms with van der Waals surface area (Å²) in [6, 6.07) is 8.23. The van der Waals surface area contributed by atoms with E-state index in [0.29, 0.717) is 29.8 Å². The molecule has 2 aromatic carbocycles. The average Bonchev–Trinajstić information content (AvgIpc) is 2.68. The van der Waals surface area contributed by atoms with Gasteiger partial charge in [0.2, 0.25) is 5.91 Å². The number of carbonyl (C=O) groups excluding carboxylic acids is 2. The molecule has 0 saturated heterocycles. The third-order valence-electron chi connectivity index (χ3n) is 5.31. The molecule has 1 unspecified atom stereocenters. The van der Waals surface area contributed by atoms with Crippen LogP contribution in [-0.2, 0) is 17.8 Å². The normalized spacial score (nSPS) is 18.4. The van der Waals surface area contributed by atoms with Gasteiger partial charge in [-0.25, -0.2) is 4.39 Å². The Kier molecular flexibility index (Phi) is 4.31. The van der Waals surface area contributed by atoms with Crippen LogP contribution in [0.25, 0.3) is 0 Å². The molecule has 3 N–H and O–H groups in total. The minimum atomic E-state index is -0.416. The molecule has 7 heteroatoms. The number of amides is 2. The molecular weight excluding hydrogens is 347 g/mol. The van der Waals surface area contributed by atoms with Crippen LogP contribution >= 0.6 is 0 Å². The van der Waals surface area contributed by atoms with E-state index in [9.17, 15) is 14.0 Å². The highest BCUT2D eigenvalue weighted by Crippen LogP contribution is 2.32. The van der Waals surface area contributed by atoms with Gasteiger partial charge in [-0.3, -0.25) is 9.59 Å². The molecule has 2 aliphatic rings. The zero-order valence-corrected chi connectivity index (χ0v) is 15.2. The number of benzene rings is 2. The number of hydrogen-bond donors (Lipinski definition) is 3. The Balaban J connectivity index is 1.60. The van der Waals surface area contributed by atoms with E-state index >= 15 is 0 Å². The van der Waals surface area contributed by atoms with Crippen LogP contribution in [0.4, 0.5) is 21.5 Å². The molecule has 4 rings (SSSR count). The number of fused-ring (bicyclic) bond motifs is 2. The van der Waals surface area contributed by atoms with E-state index in [2.05, 4.69) is 16.0 Å². The summed E-state index contributed by atoms with van der Waals surface area (Å²) >= 11 is 0. The van der Waals surface area contributed by atoms with E-state index in [-0.39, 0.29) is 23.5 Å². The zero-order chi connectivity index (χ0) is 19.1. The molecule has 2 aromatic rings. The van der Waals surface area contributed by atoms with E-state index in [1.807, 2.05) is 24.9 Å². The van der Waals surface area contributed by atoms with Gasteiger partial charge >= 0.3 is 0 Å². The van der Waals surface area contributed by atoms with Crippen LogP contribution in [0.2, 0.25) is 0 Å². The van der Waals surface area contributed by atoms with Crippen molar-refractivity contribution >= 4 is 28.9 Å². The Morgan fingerprint density at radius 2 is 2.11 bits per heavy atom. The second-order valence-electron chi connectivity index (χ2n) is 6.95. The lowest BCUT2D eigenvalue weighted by Crippen LogP contribution is -2.43. The zero-order valence-electron chi connectivity index (χ0n) is 15.2. The van der Waals surface area contributed by atoms with Crippen LogP contribution < -0.4 is 20.9 Å². The predicted molar refractivity (Wildman–Crippen MR) is 103 cm³/mol. The fourth-order valence-electron chi connectivity index (χ4n) is 3.53. The molecule has 0 radical (unpaired) electrons. The number of hydrogen-bond acceptors (Lipinski definition) is 4. The molecule has 2 heterocycles. The predicted octanol–water partition coefficient (Wildman–Crippen LogP) is 2.50. The fraction of sp³-hybridized carbons (Fsp3) is 0.300. The number of anilines is 3. The first-order valence-electron chi connectivity index (χ1n) is 8.96. The van der Waals surface area contributed by atoms with Crippen LogP contribution in [0, 0.1) is 5.82 Å². The van der Waals surface area contributed by atoms with Crippen LogP contribution in [0.1, 0.15) is 28.4 Å². The van der Waals surface area contributed by atoms with Gasteiger partial charge in [0.05, 0.1) is 17.1 Å². The molecular formula is C20H21FN4O2. The van der Waals surface area contributed by atoms with Crippen molar-refractivity contribution in [1.29, 1.82) is 0 Å². The summed E-state index contributed by atoms with van der Waals surface area (Å²) in [6.07, 6.45) is 0.597. The SMILES string of the molecule is CC1C(=O)Nc2cc(C(=O)Nc3ccc4c(c3F)CCNC4)ccc2N1C. The van der Waals surface area contributed by atoms with Crippen LogP contribution in [0.15, 0.2) is 30.3 Å². The van der Waals surface area contributed by atoms with Gasteiger partial charge in [-0.05, 0) is 55.3 Å². The van der Waals surface area contributed by atoms with Gasteiger partial charge in [-0.1, -0.05) is 6.07 Å². The summed E-state index contributed by atoms with van der Waals surface area (Å²) in [6.45, 7) is 3.17. The summed E-state index contributed by atoms with van der Waals surface area (Å²) in [5, 5.41) is 8.66. The van der Waals surface area contributed by atoms with Crippen molar-refractivity contribution < 1.29 is 14.0 Å². The van der Waals surface area contributed by atoms with Crippen molar-refractivity contribution in [2.75, 3.05) is 29.1 Å². The van der Waals surface area contributed by atoms with Crippen molar-refractivity contribution in [3.05, 3.63) is 52.8 Å². The third kappa shape index (κ3) is 3.04. The monoisotopic (exact) mass is 368 g/mol. The molecule has 0 fully saturated rings. The number of nitrogens with one attached hydrogen (secondary N) is 3. The molecule has 27 heavy (non-hydrogen) atoms. The average molecular weight is 368 g/mol. The van der Waals surface area contributed by atoms with Gasteiger partial charge < -0.3 is 20.9 Å². The van der Waals surface area contributed by atoms with Gasteiger partial charge in [0, 0.05) is 19.2 Å². The standard InChI is InChI=1S/C20H21FN4O2/c1-11-19(26)24-16-9-12(4-6-17(16)25(11)2)20(27)23-15-5-3-13-10-22-8-7-14(13)18(15)21/h3-6,9,11,22H,7-8,10H2,1-2H3,(H,23,27)(H,24,26). The van der Waals surface area contributed by atoms with E-state index in [1.54, 1.807) is 24.3 Å².